The Kier molecular flexibility index (Phi) is 3.97. The van der Waals surface area contributed by atoms with Gasteiger partial charge in [-0.05, 0) is 27.7 Å². The van der Waals surface area contributed by atoms with Crippen molar-refractivity contribution >= 4 is 17.4 Å². The highest BCUT2D eigenvalue weighted by Crippen LogP contribution is 2.10. The number of aromatic nitrogens is 2. The zero-order valence-corrected chi connectivity index (χ0v) is 10.9. The molecule has 0 spiro atoms. The first kappa shape index (κ1) is 13.0. The fourth-order valence-corrected chi connectivity index (χ4v) is 1.38. The molecule has 1 aromatic rings. The molecule has 0 saturated heterocycles. The van der Waals surface area contributed by atoms with E-state index in [9.17, 15) is 4.79 Å². The van der Waals surface area contributed by atoms with Gasteiger partial charge in [0.05, 0.1) is 0 Å². The summed E-state index contributed by atoms with van der Waals surface area (Å²) < 4.78 is 1.65. The average Bonchev–Trinajstić information content (AvgIpc) is 2.14. The van der Waals surface area contributed by atoms with Gasteiger partial charge in [0.15, 0.2) is 5.82 Å². The van der Waals surface area contributed by atoms with Crippen LogP contribution in [0.25, 0.3) is 0 Å². The van der Waals surface area contributed by atoms with E-state index in [4.69, 9.17) is 11.6 Å². The lowest BCUT2D eigenvalue weighted by Gasteiger charge is -2.22. The molecule has 1 N–H and O–H groups in total. The van der Waals surface area contributed by atoms with Crippen LogP contribution in [0.15, 0.2) is 17.2 Å². The van der Waals surface area contributed by atoms with Crippen molar-refractivity contribution in [3.05, 3.63) is 22.7 Å². The van der Waals surface area contributed by atoms with Crippen LogP contribution in [0.2, 0.25) is 0 Å². The molecule has 0 aliphatic carbocycles. The predicted molar refractivity (Wildman–Crippen MR) is 67.3 cm³/mol. The third-order valence-corrected chi connectivity index (χ3v) is 2.27. The number of alkyl halides is 1. The SMILES string of the molecule is CC(Cl)CNc1nccn(C(C)(C)C)c1=O. The summed E-state index contributed by atoms with van der Waals surface area (Å²) in [7, 11) is 0. The van der Waals surface area contributed by atoms with Crippen LogP contribution in [0.1, 0.15) is 27.7 Å². The average molecular weight is 244 g/mol. The van der Waals surface area contributed by atoms with Gasteiger partial charge in [-0.2, -0.15) is 0 Å². The van der Waals surface area contributed by atoms with E-state index in [0.717, 1.165) is 0 Å². The van der Waals surface area contributed by atoms with Gasteiger partial charge in [-0.1, -0.05) is 0 Å². The van der Waals surface area contributed by atoms with E-state index in [-0.39, 0.29) is 16.5 Å². The van der Waals surface area contributed by atoms with Gasteiger partial charge in [-0.3, -0.25) is 4.79 Å². The van der Waals surface area contributed by atoms with E-state index in [2.05, 4.69) is 10.3 Å². The zero-order valence-electron chi connectivity index (χ0n) is 10.1. The number of hydrogen-bond acceptors (Lipinski definition) is 3. The van der Waals surface area contributed by atoms with Crippen LogP contribution in [-0.2, 0) is 5.54 Å². The summed E-state index contributed by atoms with van der Waals surface area (Å²) in [5.41, 5.74) is -0.365. The van der Waals surface area contributed by atoms with Gasteiger partial charge in [0.2, 0.25) is 0 Å². The molecule has 1 rings (SSSR count). The summed E-state index contributed by atoms with van der Waals surface area (Å²) in [6, 6.07) is 0. The van der Waals surface area contributed by atoms with Crippen molar-refractivity contribution in [1.29, 1.82) is 0 Å². The van der Waals surface area contributed by atoms with Crippen LogP contribution >= 0.6 is 11.6 Å². The smallest absolute Gasteiger partial charge is 0.293 e. The van der Waals surface area contributed by atoms with Crippen LogP contribution in [0.5, 0.6) is 0 Å². The molecule has 0 saturated carbocycles. The highest BCUT2D eigenvalue weighted by molar-refractivity contribution is 6.20. The Bertz CT molecular complexity index is 406. The topological polar surface area (TPSA) is 46.9 Å². The molecule has 1 atom stereocenters. The second kappa shape index (κ2) is 4.87. The first-order chi connectivity index (χ1) is 7.32. The van der Waals surface area contributed by atoms with Gasteiger partial charge in [-0.25, -0.2) is 4.98 Å². The van der Waals surface area contributed by atoms with Gasteiger partial charge in [-0.15, -0.1) is 11.6 Å². The molecule has 1 aromatic heterocycles. The van der Waals surface area contributed by atoms with Crippen molar-refractivity contribution in [3.8, 4) is 0 Å². The number of halogens is 1. The standard InChI is InChI=1S/C11H18ClN3O/c1-8(12)7-14-9-10(16)15(6-5-13-9)11(2,3)4/h5-6,8H,7H2,1-4H3,(H,13,14). The predicted octanol–water partition coefficient (Wildman–Crippen LogP) is 2.04. The molecule has 0 amide bonds. The fraction of sp³-hybridized carbons (Fsp3) is 0.636. The van der Waals surface area contributed by atoms with E-state index in [0.29, 0.717) is 12.4 Å². The number of anilines is 1. The molecule has 1 heterocycles. The third kappa shape index (κ3) is 3.23. The fourth-order valence-electron chi connectivity index (χ4n) is 1.30. The minimum absolute atomic E-state index is 0.0375. The van der Waals surface area contributed by atoms with Crippen molar-refractivity contribution in [2.24, 2.45) is 0 Å². The molecule has 0 fully saturated rings. The Morgan fingerprint density at radius 2 is 2.19 bits per heavy atom. The molecule has 5 heteroatoms. The van der Waals surface area contributed by atoms with E-state index in [1.54, 1.807) is 17.0 Å². The van der Waals surface area contributed by atoms with Crippen LogP contribution in [-0.4, -0.2) is 21.5 Å². The van der Waals surface area contributed by atoms with Crippen LogP contribution in [0.4, 0.5) is 5.82 Å². The first-order valence-electron chi connectivity index (χ1n) is 5.28. The maximum Gasteiger partial charge on any atom is 0.293 e. The van der Waals surface area contributed by atoms with E-state index >= 15 is 0 Å². The van der Waals surface area contributed by atoms with Crippen LogP contribution < -0.4 is 10.9 Å². The van der Waals surface area contributed by atoms with Gasteiger partial charge >= 0.3 is 0 Å². The van der Waals surface area contributed by atoms with Crippen molar-refractivity contribution in [2.75, 3.05) is 11.9 Å². The lowest BCUT2D eigenvalue weighted by Crippen LogP contribution is -2.35. The number of nitrogens with zero attached hydrogens (tertiary/aromatic N) is 2. The van der Waals surface area contributed by atoms with Crippen molar-refractivity contribution in [2.45, 2.75) is 38.6 Å². The summed E-state index contributed by atoms with van der Waals surface area (Å²) in [5.74, 6) is 0.352. The highest BCUT2D eigenvalue weighted by Gasteiger charge is 2.16. The van der Waals surface area contributed by atoms with E-state index in [1.165, 1.54) is 0 Å². The summed E-state index contributed by atoms with van der Waals surface area (Å²) in [6.07, 6.45) is 3.31. The molecular weight excluding hydrogens is 226 g/mol. The molecule has 4 nitrogen and oxygen atoms in total. The maximum absolute atomic E-state index is 12.0. The molecule has 0 bridgehead atoms. The Balaban J connectivity index is 3.01. The second-order valence-electron chi connectivity index (χ2n) is 4.78. The largest absolute Gasteiger partial charge is 0.364 e. The zero-order chi connectivity index (χ0) is 12.3. The summed E-state index contributed by atoms with van der Waals surface area (Å²) in [6.45, 7) is 8.31. The molecular formula is C11H18ClN3O. The molecule has 0 radical (unpaired) electrons. The Hall–Kier alpha value is -1.03. The van der Waals surface area contributed by atoms with Crippen molar-refractivity contribution in [3.63, 3.8) is 0 Å². The normalized spacial score (nSPS) is 13.6. The summed E-state index contributed by atoms with van der Waals surface area (Å²) in [5, 5.41) is 2.91. The van der Waals surface area contributed by atoms with E-state index in [1.807, 2.05) is 27.7 Å². The number of hydrogen-bond donors (Lipinski definition) is 1. The first-order valence-corrected chi connectivity index (χ1v) is 5.72. The van der Waals surface area contributed by atoms with Gasteiger partial charge < -0.3 is 9.88 Å². The molecule has 0 aliphatic rings. The minimum atomic E-state index is -0.247. The number of nitrogens with one attached hydrogen (secondary N) is 1. The quantitative estimate of drug-likeness (QED) is 0.827. The third-order valence-electron chi connectivity index (χ3n) is 2.11. The van der Waals surface area contributed by atoms with Gasteiger partial charge in [0.25, 0.3) is 5.56 Å². The van der Waals surface area contributed by atoms with Crippen LogP contribution in [0, 0.1) is 0 Å². The lowest BCUT2D eigenvalue weighted by molar-refractivity contribution is 0.383. The molecule has 0 aliphatic heterocycles. The molecule has 0 aromatic carbocycles. The Morgan fingerprint density at radius 3 is 2.69 bits per heavy atom. The maximum atomic E-state index is 12.0. The van der Waals surface area contributed by atoms with Crippen LogP contribution in [0.3, 0.4) is 0 Å². The Labute approximate surface area is 101 Å². The minimum Gasteiger partial charge on any atom is -0.364 e. The summed E-state index contributed by atoms with van der Waals surface area (Å²) >= 11 is 5.81. The number of rotatable bonds is 3. The van der Waals surface area contributed by atoms with Crippen molar-refractivity contribution < 1.29 is 0 Å². The Morgan fingerprint density at radius 1 is 1.56 bits per heavy atom. The van der Waals surface area contributed by atoms with Gasteiger partial charge in [0.1, 0.15) is 0 Å². The van der Waals surface area contributed by atoms with Crippen molar-refractivity contribution in [1.82, 2.24) is 9.55 Å². The van der Waals surface area contributed by atoms with Gasteiger partial charge in [0, 0.05) is 29.9 Å². The molecule has 1 unspecified atom stereocenters. The summed E-state index contributed by atoms with van der Waals surface area (Å²) in [4.78, 5) is 16.0. The molecule has 16 heavy (non-hydrogen) atoms. The monoisotopic (exact) mass is 243 g/mol. The molecule has 90 valence electrons. The lowest BCUT2D eigenvalue weighted by atomic mass is 10.1. The second-order valence-corrected chi connectivity index (χ2v) is 5.53. The highest BCUT2D eigenvalue weighted by atomic mass is 35.5. The van der Waals surface area contributed by atoms with E-state index < -0.39 is 0 Å².